The van der Waals surface area contributed by atoms with Crippen LogP contribution in [0.25, 0.3) is 0 Å². The van der Waals surface area contributed by atoms with E-state index in [0.29, 0.717) is 0 Å². The van der Waals surface area contributed by atoms with Gasteiger partial charge in [-0.2, -0.15) is 0 Å². The Balaban J connectivity index is 2.04. The average Bonchev–Trinajstić information content (AvgIpc) is 2.07. The summed E-state index contributed by atoms with van der Waals surface area (Å²) in [5.74, 6) is 0. The molecule has 1 heterocycles. The summed E-state index contributed by atoms with van der Waals surface area (Å²) in [6.07, 6.45) is 1.87. The molecule has 64 valence electrons. The van der Waals surface area contributed by atoms with Gasteiger partial charge in [0.1, 0.15) is 0 Å². The first-order valence-corrected chi connectivity index (χ1v) is 4.18. The monoisotopic (exact) mass is 176 g/mol. The number of halogens is 1. The minimum absolute atomic E-state index is 0.795. The lowest BCUT2D eigenvalue weighted by Crippen LogP contribution is -2.45. The molecular formula is C7H13ClN2O. The Morgan fingerprint density at radius 2 is 2.18 bits per heavy atom. The zero-order valence-electron chi connectivity index (χ0n) is 6.42. The molecule has 11 heavy (non-hydrogen) atoms. The zero-order chi connectivity index (χ0) is 7.94. The van der Waals surface area contributed by atoms with E-state index < -0.39 is 0 Å². The van der Waals surface area contributed by atoms with Gasteiger partial charge in [-0.3, -0.25) is 5.43 Å². The molecule has 0 amide bonds. The second kappa shape index (κ2) is 5.55. The van der Waals surface area contributed by atoms with Crippen molar-refractivity contribution >= 4 is 11.6 Å². The standard InChI is InChI=1S/C7H13ClN2O/c8-2-1-3-9-10-4-6-11-7-5-10/h1-2,9H,3-7H2/b2-1+. The quantitative estimate of drug-likeness (QED) is 0.681. The molecule has 0 unspecified atom stereocenters. The van der Waals surface area contributed by atoms with Crippen LogP contribution in [-0.4, -0.2) is 37.9 Å². The predicted molar refractivity (Wildman–Crippen MR) is 45.4 cm³/mol. The van der Waals surface area contributed by atoms with Crippen molar-refractivity contribution in [3.8, 4) is 0 Å². The Labute approximate surface area is 71.9 Å². The van der Waals surface area contributed by atoms with Crippen molar-refractivity contribution < 1.29 is 4.74 Å². The van der Waals surface area contributed by atoms with E-state index in [-0.39, 0.29) is 0 Å². The highest BCUT2D eigenvalue weighted by atomic mass is 35.5. The van der Waals surface area contributed by atoms with Gasteiger partial charge in [-0.05, 0) is 0 Å². The van der Waals surface area contributed by atoms with Gasteiger partial charge in [-0.15, -0.1) is 0 Å². The van der Waals surface area contributed by atoms with E-state index in [1.807, 2.05) is 6.08 Å². The van der Waals surface area contributed by atoms with E-state index in [2.05, 4.69) is 10.4 Å². The Bertz CT molecular complexity index is 124. The predicted octanol–water partition coefficient (Wildman–Crippen LogP) is 0.576. The Hall–Kier alpha value is -0.0900. The topological polar surface area (TPSA) is 24.5 Å². The summed E-state index contributed by atoms with van der Waals surface area (Å²) in [6.45, 7) is 4.34. The number of nitrogens with one attached hydrogen (secondary N) is 1. The second-order valence-electron chi connectivity index (χ2n) is 2.32. The molecule has 1 aliphatic rings. The molecule has 0 bridgehead atoms. The fraction of sp³-hybridized carbons (Fsp3) is 0.714. The third-order valence-corrected chi connectivity index (χ3v) is 1.71. The van der Waals surface area contributed by atoms with E-state index in [1.165, 1.54) is 5.54 Å². The molecule has 0 atom stereocenters. The molecule has 0 saturated carbocycles. The van der Waals surface area contributed by atoms with E-state index in [9.17, 15) is 0 Å². The molecule has 1 fully saturated rings. The fourth-order valence-corrected chi connectivity index (χ4v) is 1.04. The van der Waals surface area contributed by atoms with Crippen LogP contribution in [0.3, 0.4) is 0 Å². The molecule has 1 aliphatic heterocycles. The minimum Gasteiger partial charge on any atom is -0.379 e. The summed E-state index contributed by atoms with van der Waals surface area (Å²) in [7, 11) is 0. The van der Waals surface area contributed by atoms with E-state index in [1.54, 1.807) is 0 Å². The molecule has 1 saturated heterocycles. The van der Waals surface area contributed by atoms with Gasteiger partial charge in [0.15, 0.2) is 0 Å². The van der Waals surface area contributed by atoms with Crippen molar-refractivity contribution in [2.45, 2.75) is 0 Å². The van der Waals surface area contributed by atoms with Crippen molar-refractivity contribution in [1.29, 1.82) is 0 Å². The van der Waals surface area contributed by atoms with Crippen LogP contribution in [0, 0.1) is 0 Å². The molecular weight excluding hydrogens is 164 g/mol. The third kappa shape index (κ3) is 3.72. The van der Waals surface area contributed by atoms with Gasteiger partial charge in [-0.25, -0.2) is 5.01 Å². The van der Waals surface area contributed by atoms with Gasteiger partial charge < -0.3 is 4.74 Å². The van der Waals surface area contributed by atoms with E-state index in [4.69, 9.17) is 16.3 Å². The number of morpholine rings is 1. The van der Waals surface area contributed by atoms with Gasteiger partial charge in [0.25, 0.3) is 0 Å². The van der Waals surface area contributed by atoms with Crippen LogP contribution in [-0.2, 0) is 4.74 Å². The number of rotatable bonds is 3. The first-order valence-electron chi connectivity index (χ1n) is 3.75. The van der Waals surface area contributed by atoms with Gasteiger partial charge in [0.2, 0.25) is 0 Å². The summed E-state index contributed by atoms with van der Waals surface area (Å²) >= 11 is 5.36. The minimum atomic E-state index is 0.795. The zero-order valence-corrected chi connectivity index (χ0v) is 7.18. The lowest BCUT2D eigenvalue weighted by atomic mass is 10.5. The first-order chi connectivity index (χ1) is 5.43. The molecule has 3 nitrogen and oxygen atoms in total. The van der Waals surface area contributed by atoms with E-state index >= 15 is 0 Å². The second-order valence-corrected chi connectivity index (χ2v) is 2.58. The number of ether oxygens (including phenoxy) is 1. The molecule has 0 aromatic heterocycles. The smallest absolute Gasteiger partial charge is 0.0608 e. The van der Waals surface area contributed by atoms with Crippen LogP contribution in [0.1, 0.15) is 0 Å². The molecule has 0 aliphatic carbocycles. The van der Waals surface area contributed by atoms with E-state index in [0.717, 1.165) is 32.8 Å². The number of nitrogens with zero attached hydrogens (tertiary/aromatic N) is 1. The highest BCUT2D eigenvalue weighted by molar-refractivity contribution is 6.25. The van der Waals surface area contributed by atoms with Gasteiger partial charge in [0.05, 0.1) is 13.2 Å². The first kappa shape index (κ1) is 9.00. The van der Waals surface area contributed by atoms with Crippen LogP contribution >= 0.6 is 11.6 Å². The van der Waals surface area contributed by atoms with Gasteiger partial charge >= 0.3 is 0 Å². The van der Waals surface area contributed by atoms with Crippen LogP contribution < -0.4 is 5.43 Å². The summed E-state index contributed by atoms with van der Waals surface area (Å²) < 4.78 is 5.18. The normalized spacial score (nSPS) is 21.2. The van der Waals surface area contributed by atoms with Crippen molar-refractivity contribution in [2.24, 2.45) is 0 Å². The van der Waals surface area contributed by atoms with Crippen molar-refractivity contribution in [3.05, 3.63) is 11.6 Å². The summed E-state index contributed by atoms with van der Waals surface area (Å²) in [5.41, 5.74) is 4.73. The number of hydrogen-bond donors (Lipinski definition) is 1. The highest BCUT2D eigenvalue weighted by Gasteiger charge is 2.07. The van der Waals surface area contributed by atoms with Gasteiger partial charge in [0, 0.05) is 25.2 Å². The molecule has 1 rings (SSSR count). The fourth-order valence-electron chi connectivity index (χ4n) is 0.948. The summed E-state index contributed by atoms with van der Waals surface area (Å²) in [5, 5.41) is 2.14. The Kier molecular flexibility index (Phi) is 4.54. The lowest BCUT2D eigenvalue weighted by Gasteiger charge is -2.26. The Morgan fingerprint density at radius 1 is 1.45 bits per heavy atom. The third-order valence-electron chi connectivity index (χ3n) is 1.53. The van der Waals surface area contributed by atoms with Crippen LogP contribution in [0.2, 0.25) is 0 Å². The van der Waals surface area contributed by atoms with Crippen molar-refractivity contribution in [1.82, 2.24) is 10.4 Å². The molecule has 0 radical (unpaired) electrons. The summed E-state index contributed by atoms with van der Waals surface area (Å²) in [4.78, 5) is 0. The SMILES string of the molecule is Cl/C=C/CNN1CCOCC1. The highest BCUT2D eigenvalue weighted by Crippen LogP contribution is 1.91. The largest absolute Gasteiger partial charge is 0.379 e. The molecule has 0 aromatic rings. The van der Waals surface area contributed by atoms with Crippen molar-refractivity contribution in [3.63, 3.8) is 0 Å². The van der Waals surface area contributed by atoms with Crippen molar-refractivity contribution in [2.75, 3.05) is 32.8 Å². The molecule has 1 N–H and O–H groups in total. The maximum atomic E-state index is 5.36. The molecule has 0 spiro atoms. The average molecular weight is 177 g/mol. The number of hydrazine groups is 1. The van der Waals surface area contributed by atoms with Crippen LogP contribution in [0.5, 0.6) is 0 Å². The summed E-state index contributed by atoms with van der Waals surface area (Å²) in [6, 6.07) is 0. The Morgan fingerprint density at radius 3 is 2.82 bits per heavy atom. The molecule has 0 aromatic carbocycles. The maximum Gasteiger partial charge on any atom is 0.0608 e. The maximum absolute atomic E-state index is 5.36. The van der Waals surface area contributed by atoms with Gasteiger partial charge in [-0.1, -0.05) is 17.7 Å². The number of hydrogen-bond acceptors (Lipinski definition) is 3. The lowest BCUT2D eigenvalue weighted by molar-refractivity contribution is 0.0143. The van der Waals surface area contributed by atoms with Crippen LogP contribution in [0.4, 0.5) is 0 Å². The molecule has 4 heteroatoms. The van der Waals surface area contributed by atoms with Crippen LogP contribution in [0.15, 0.2) is 11.6 Å².